The van der Waals surface area contributed by atoms with Crippen LogP contribution in [-0.2, 0) is 13.0 Å². The molecule has 1 aromatic carbocycles. The fourth-order valence-electron chi connectivity index (χ4n) is 4.52. The Hall–Kier alpha value is -2.34. The molecule has 1 aliphatic heterocycles. The number of halogens is 3. The minimum Gasteiger partial charge on any atom is -0.487 e. The number of nitrogen functional groups attached to an aromatic ring is 1. The van der Waals surface area contributed by atoms with Crippen LogP contribution >= 0.6 is 15.9 Å². The van der Waals surface area contributed by atoms with Gasteiger partial charge in [-0.25, -0.2) is 18.7 Å². The second kappa shape index (κ2) is 7.66. The van der Waals surface area contributed by atoms with E-state index in [1.54, 1.807) is 0 Å². The highest BCUT2D eigenvalue weighted by Crippen LogP contribution is 2.39. The van der Waals surface area contributed by atoms with Gasteiger partial charge in [-0.1, -0.05) is 0 Å². The number of hydrogen-bond donors (Lipinski definition) is 4. The van der Waals surface area contributed by atoms with E-state index in [1.807, 2.05) is 0 Å². The van der Waals surface area contributed by atoms with E-state index in [1.165, 1.54) is 23.2 Å². The van der Waals surface area contributed by atoms with Crippen molar-refractivity contribution in [2.75, 3.05) is 12.3 Å². The number of aliphatic hydroxyl groups excluding tert-OH is 2. The number of anilines is 1. The zero-order chi connectivity index (χ0) is 21.9. The maximum atomic E-state index is 14.5. The summed E-state index contributed by atoms with van der Waals surface area (Å²) < 4.78 is 36.8. The van der Waals surface area contributed by atoms with Crippen LogP contribution in [0.3, 0.4) is 0 Å². The Bertz CT molecular complexity index is 1170. The van der Waals surface area contributed by atoms with Crippen molar-refractivity contribution in [2.24, 2.45) is 0 Å². The van der Waals surface area contributed by atoms with Crippen LogP contribution in [-0.4, -0.2) is 49.6 Å². The predicted octanol–water partition coefficient (Wildman–Crippen LogP) is 1.81. The number of rotatable bonds is 3. The first kappa shape index (κ1) is 20.6. The molecule has 1 aliphatic carbocycles. The number of aliphatic hydroxyl groups is 2. The molecule has 4 atom stereocenters. The highest BCUT2D eigenvalue weighted by molar-refractivity contribution is 9.10. The van der Waals surface area contributed by atoms with Gasteiger partial charge in [-0.3, -0.25) is 0 Å². The Morgan fingerprint density at radius 1 is 1.23 bits per heavy atom. The van der Waals surface area contributed by atoms with Crippen molar-refractivity contribution < 1.29 is 23.7 Å². The quantitative estimate of drug-likeness (QED) is 0.437. The van der Waals surface area contributed by atoms with Gasteiger partial charge in [0.05, 0.1) is 15.9 Å². The van der Waals surface area contributed by atoms with Gasteiger partial charge in [0, 0.05) is 24.7 Å². The topological polar surface area (TPSA) is 118 Å². The molecule has 0 saturated heterocycles. The summed E-state index contributed by atoms with van der Waals surface area (Å²) in [7, 11) is 0. The van der Waals surface area contributed by atoms with E-state index in [-0.39, 0.29) is 33.6 Å². The van der Waals surface area contributed by atoms with Gasteiger partial charge in [0.15, 0.2) is 5.82 Å². The van der Waals surface area contributed by atoms with Crippen molar-refractivity contribution in [3.05, 3.63) is 45.8 Å². The summed E-state index contributed by atoms with van der Waals surface area (Å²) in [4.78, 5) is 7.90. The van der Waals surface area contributed by atoms with Crippen LogP contribution in [0.5, 0.6) is 5.75 Å². The van der Waals surface area contributed by atoms with E-state index in [2.05, 4.69) is 31.2 Å². The molecule has 0 amide bonds. The van der Waals surface area contributed by atoms with E-state index in [9.17, 15) is 19.0 Å². The Morgan fingerprint density at radius 2 is 2.03 bits per heavy atom. The maximum absolute atomic E-state index is 14.5. The molecule has 5 N–H and O–H groups in total. The molecule has 31 heavy (non-hydrogen) atoms. The first-order valence-corrected chi connectivity index (χ1v) is 10.7. The second-order valence-corrected chi connectivity index (χ2v) is 8.69. The van der Waals surface area contributed by atoms with E-state index in [0.29, 0.717) is 36.4 Å². The molecule has 8 nitrogen and oxygen atoms in total. The molecule has 11 heteroatoms. The minimum absolute atomic E-state index is 0.00243. The maximum Gasteiger partial charge on any atom is 0.154 e. The molecule has 0 bridgehead atoms. The molecule has 0 spiro atoms. The number of nitrogens with two attached hydrogens (primary N) is 1. The van der Waals surface area contributed by atoms with Crippen molar-refractivity contribution in [3.8, 4) is 5.75 Å². The number of ether oxygens (including phenoxy) is 1. The van der Waals surface area contributed by atoms with Crippen molar-refractivity contribution in [1.29, 1.82) is 0 Å². The summed E-state index contributed by atoms with van der Waals surface area (Å²) in [6.45, 7) is 1.09. The number of nitrogens with one attached hydrogen (secondary N) is 1. The van der Waals surface area contributed by atoms with Crippen LogP contribution in [0.25, 0.3) is 11.0 Å². The summed E-state index contributed by atoms with van der Waals surface area (Å²) in [5.41, 5.74) is 7.26. The van der Waals surface area contributed by atoms with Crippen molar-refractivity contribution in [1.82, 2.24) is 19.9 Å². The lowest BCUT2D eigenvalue weighted by Gasteiger charge is -2.25. The first-order valence-electron chi connectivity index (χ1n) is 9.86. The predicted molar refractivity (Wildman–Crippen MR) is 111 cm³/mol. The molecule has 3 heterocycles. The Morgan fingerprint density at radius 3 is 2.84 bits per heavy atom. The van der Waals surface area contributed by atoms with E-state index in [0.717, 1.165) is 0 Å². The van der Waals surface area contributed by atoms with Gasteiger partial charge in [-0.2, -0.15) is 0 Å². The monoisotopic (exact) mass is 495 g/mol. The summed E-state index contributed by atoms with van der Waals surface area (Å²) in [5.74, 6) is -0.498. The highest BCUT2D eigenvalue weighted by atomic mass is 79.9. The first-order chi connectivity index (χ1) is 14.9. The van der Waals surface area contributed by atoms with E-state index >= 15 is 0 Å². The van der Waals surface area contributed by atoms with Gasteiger partial charge in [-0.15, -0.1) is 0 Å². The summed E-state index contributed by atoms with van der Waals surface area (Å²) >= 11 is 3.23. The Labute approximate surface area is 184 Å². The van der Waals surface area contributed by atoms with E-state index < -0.39 is 30.2 Å². The third-order valence-corrected chi connectivity index (χ3v) is 6.65. The average Bonchev–Trinajstić information content (AvgIpc) is 3.24. The van der Waals surface area contributed by atoms with Crippen molar-refractivity contribution >= 4 is 32.8 Å². The lowest BCUT2D eigenvalue weighted by Crippen LogP contribution is -2.35. The molecule has 2 aliphatic rings. The van der Waals surface area contributed by atoms with E-state index in [4.69, 9.17) is 10.5 Å². The number of hydrogen-bond acceptors (Lipinski definition) is 7. The van der Waals surface area contributed by atoms with Gasteiger partial charge in [0.25, 0.3) is 0 Å². The smallest absolute Gasteiger partial charge is 0.154 e. The molecule has 1 saturated carbocycles. The molecule has 164 valence electrons. The van der Waals surface area contributed by atoms with Crippen LogP contribution in [0.2, 0.25) is 0 Å². The fraction of sp³-hybridized carbons (Fsp3) is 0.400. The lowest BCUT2D eigenvalue weighted by molar-refractivity contribution is -0.0167. The molecular formula is C20H20BrF2N5O3. The third kappa shape index (κ3) is 3.27. The largest absolute Gasteiger partial charge is 0.487 e. The van der Waals surface area contributed by atoms with Crippen LogP contribution in [0.4, 0.5) is 14.6 Å². The fourth-order valence-corrected chi connectivity index (χ4v) is 4.96. The summed E-state index contributed by atoms with van der Waals surface area (Å²) in [6.07, 6.45) is -0.135. The molecule has 0 radical (unpaired) electrons. The van der Waals surface area contributed by atoms with Crippen molar-refractivity contribution in [3.63, 3.8) is 0 Å². The second-order valence-electron chi connectivity index (χ2n) is 7.84. The molecule has 5 rings (SSSR count). The molecule has 1 fully saturated rings. The number of benzene rings is 1. The molecule has 2 unspecified atom stereocenters. The van der Waals surface area contributed by atoms with Crippen LogP contribution < -0.4 is 15.8 Å². The van der Waals surface area contributed by atoms with Gasteiger partial charge >= 0.3 is 0 Å². The molecule has 3 aromatic rings. The van der Waals surface area contributed by atoms with Gasteiger partial charge < -0.3 is 30.6 Å². The van der Waals surface area contributed by atoms with Gasteiger partial charge in [0.1, 0.15) is 47.7 Å². The standard InChI is InChI=1S/C20H20BrF2N5O3/c21-10-3-13(9-5-25-2-1-8(9)16(10)23)31-14-4-12(17(29)18(14)30)28-6-11(22)15-19(24)26-7-27-20(15)28/h3,6-7,12,14,17-18,25,29-30H,1-2,4-5H2,(H2,24,26,27)/t12?,14?,17-,18+/m0/s1. The zero-order valence-electron chi connectivity index (χ0n) is 16.2. The SMILES string of the molecule is Nc1ncnc2c1c(F)cn2C1CC(Oc2cc(Br)c(F)c3c2CNCC3)[C@@H](O)[C@H]1O. The Balaban J connectivity index is 1.48. The van der Waals surface area contributed by atoms with Crippen LogP contribution in [0.15, 0.2) is 23.1 Å². The van der Waals surface area contributed by atoms with Crippen molar-refractivity contribution in [2.45, 2.75) is 43.7 Å². The van der Waals surface area contributed by atoms with Gasteiger partial charge in [0.2, 0.25) is 0 Å². The number of fused-ring (bicyclic) bond motifs is 2. The minimum atomic E-state index is -1.24. The van der Waals surface area contributed by atoms with Gasteiger partial charge in [-0.05, 0) is 40.5 Å². The Kier molecular flexibility index (Phi) is 5.08. The normalized spacial score (nSPS) is 25.7. The molecule has 2 aromatic heterocycles. The average molecular weight is 496 g/mol. The summed E-state index contributed by atoms with van der Waals surface area (Å²) in [6, 6.07) is 0.839. The van der Waals surface area contributed by atoms with Crippen LogP contribution in [0.1, 0.15) is 23.6 Å². The third-order valence-electron chi connectivity index (χ3n) is 6.07. The zero-order valence-corrected chi connectivity index (χ0v) is 17.8. The summed E-state index contributed by atoms with van der Waals surface area (Å²) in [5, 5.41) is 24.6. The lowest BCUT2D eigenvalue weighted by atomic mass is 9.99. The number of nitrogens with zero attached hydrogens (tertiary/aromatic N) is 3. The van der Waals surface area contributed by atoms with Crippen LogP contribution in [0, 0.1) is 11.6 Å². The highest BCUT2D eigenvalue weighted by Gasteiger charge is 2.45. The molecular weight excluding hydrogens is 476 g/mol. The number of aromatic nitrogens is 3.